The Morgan fingerprint density at radius 1 is 1.15 bits per heavy atom. The monoisotopic (exact) mass is 276 g/mol. The lowest BCUT2D eigenvalue weighted by atomic mass is 10.0. The van der Waals surface area contributed by atoms with Crippen molar-refractivity contribution >= 4 is 17.3 Å². The third kappa shape index (κ3) is 2.61. The number of nitrogens with one attached hydrogen (secondary N) is 1. The van der Waals surface area contributed by atoms with E-state index in [1.807, 2.05) is 13.0 Å². The van der Waals surface area contributed by atoms with E-state index in [0.29, 0.717) is 5.56 Å². The quantitative estimate of drug-likeness (QED) is 0.826. The number of carbonyl (C=O) groups excluding carboxylic acids is 1. The first kappa shape index (κ1) is 14.0. The Kier molecular flexibility index (Phi) is 3.70. The summed E-state index contributed by atoms with van der Waals surface area (Å²) < 4.78 is 26.8. The predicted octanol–water partition coefficient (Wildman–Crippen LogP) is 3.42. The number of nitrogen functional groups attached to an aromatic ring is 1. The Morgan fingerprint density at radius 3 is 2.55 bits per heavy atom. The van der Waals surface area contributed by atoms with Gasteiger partial charge in [0.05, 0.1) is 5.69 Å². The molecule has 0 saturated heterocycles. The van der Waals surface area contributed by atoms with Crippen molar-refractivity contribution in [1.82, 2.24) is 0 Å². The minimum atomic E-state index is -1.16. The van der Waals surface area contributed by atoms with E-state index in [1.54, 1.807) is 19.1 Å². The van der Waals surface area contributed by atoms with Gasteiger partial charge in [-0.15, -0.1) is 0 Å². The Balaban J connectivity index is 2.38. The smallest absolute Gasteiger partial charge is 0.256 e. The number of benzene rings is 2. The summed E-state index contributed by atoms with van der Waals surface area (Å²) in [4.78, 5) is 12.1. The zero-order chi connectivity index (χ0) is 14.9. The molecule has 0 fully saturated rings. The van der Waals surface area contributed by atoms with Crippen LogP contribution < -0.4 is 11.1 Å². The van der Waals surface area contributed by atoms with Crippen molar-refractivity contribution in [2.24, 2.45) is 0 Å². The molecule has 0 unspecified atom stereocenters. The fourth-order valence-corrected chi connectivity index (χ4v) is 1.85. The predicted molar refractivity (Wildman–Crippen MR) is 74.6 cm³/mol. The van der Waals surface area contributed by atoms with E-state index in [4.69, 9.17) is 5.73 Å². The van der Waals surface area contributed by atoms with Crippen LogP contribution in [0, 0.1) is 25.5 Å². The standard InChI is InChI=1S/C15H14F2N2O/c1-8-3-4-9(2)10(7-8)15(20)19-14-12(18)6-5-11(16)13(14)17/h3-7H,18H2,1-2H3,(H,19,20). The molecule has 0 bridgehead atoms. The number of amides is 1. The van der Waals surface area contributed by atoms with Crippen molar-refractivity contribution in [3.05, 3.63) is 58.7 Å². The maximum atomic E-state index is 13.6. The maximum absolute atomic E-state index is 13.6. The van der Waals surface area contributed by atoms with Crippen LogP contribution in [0.3, 0.4) is 0 Å². The van der Waals surface area contributed by atoms with Gasteiger partial charge >= 0.3 is 0 Å². The van der Waals surface area contributed by atoms with Crippen LogP contribution >= 0.6 is 0 Å². The minimum absolute atomic E-state index is 0.0254. The van der Waals surface area contributed by atoms with Crippen molar-refractivity contribution in [2.75, 3.05) is 11.1 Å². The van der Waals surface area contributed by atoms with Gasteiger partial charge in [-0.3, -0.25) is 4.79 Å². The molecule has 0 atom stereocenters. The first-order valence-electron chi connectivity index (χ1n) is 6.02. The second kappa shape index (κ2) is 5.28. The number of aryl methyl sites for hydroxylation is 2. The molecule has 0 saturated carbocycles. The molecule has 0 spiro atoms. The molecule has 104 valence electrons. The molecule has 0 heterocycles. The Morgan fingerprint density at radius 2 is 1.85 bits per heavy atom. The van der Waals surface area contributed by atoms with Gasteiger partial charge in [0.15, 0.2) is 11.6 Å². The summed E-state index contributed by atoms with van der Waals surface area (Å²) >= 11 is 0. The normalized spacial score (nSPS) is 10.4. The summed E-state index contributed by atoms with van der Waals surface area (Å²) in [5.74, 6) is -2.75. The number of rotatable bonds is 2. The number of hydrogen-bond acceptors (Lipinski definition) is 2. The molecule has 0 aliphatic rings. The van der Waals surface area contributed by atoms with Crippen LogP contribution in [0.25, 0.3) is 0 Å². The van der Waals surface area contributed by atoms with Gasteiger partial charge in [-0.2, -0.15) is 0 Å². The number of anilines is 2. The molecule has 2 rings (SSSR count). The van der Waals surface area contributed by atoms with Crippen molar-refractivity contribution in [1.29, 1.82) is 0 Å². The lowest BCUT2D eigenvalue weighted by Gasteiger charge is -2.11. The van der Waals surface area contributed by atoms with Crippen molar-refractivity contribution in [3.8, 4) is 0 Å². The van der Waals surface area contributed by atoms with Gasteiger partial charge in [-0.25, -0.2) is 8.78 Å². The first-order valence-corrected chi connectivity index (χ1v) is 6.02. The fraction of sp³-hybridized carbons (Fsp3) is 0.133. The van der Waals surface area contributed by atoms with Crippen LogP contribution in [0.2, 0.25) is 0 Å². The van der Waals surface area contributed by atoms with Gasteiger partial charge in [-0.05, 0) is 37.6 Å². The number of halogens is 2. The molecule has 0 radical (unpaired) electrons. The summed E-state index contributed by atoms with van der Waals surface area (Å²) in [6.07, 6.45) is 0. The highest BCUT2D eigenvalue weighted by atomic mass is 19.2. The molecule has 3 nitrogen and oxygen atoms in total. The highest BCUT2D eigenvalue weighted by molar-refractivity contribution is 6.06. The molecule has 3 N–H and O–H groups in total. The average molecular weight is 276 g/mol. The lowest BCUT2D eigenvalue weighted by molar-refractivity contribution is 0.102. The zero-order valence-corrected chi connectivity index (χ0v) is 11.1. The largest absolute Gasteiger partial charge is 0.397 e. The van der Waals surface area contributed by atoms with Crippen LogP contribution in [0.15, 0.2) is 30.3 Å². The Hall–Kier alpha value is -2.43. The number of hydrogen-bond donors (Lipinski definition) is 2. The van der Waals surface area contributed by atoms with E-state index in [9.17, 15) is 13.6 Å². The van der Waals surface area contributed by atoms with E-state index in [1.165, 1.54) is 6.07 Å². The van der Waals surface area contributed by atoms with E-state index < -0.39 is 17.5 Å². The van der Waals surface area contributed by atoms with Crippen LogP contribution in [-0.2, 0) is 0 Å². The molecule has 5 heteroatoms. The average Bonchev–Trinajstić information content (AvgIpc) is 2.41. The maximum Gasteiger partial charge on any atom is 0.256 e. The second-order valence-corrected chi connectivity index (χ2v) is 4.60. The van der Waals surface area contributed by atoms with E-state index in [-0.39, 0.29) is 11.4 Å². The molecule has 1 amide bonds. The molecule has 0 aliphatic carbocycles. The molecule has 2 aromatic rings. The number of carbonyl (C=O) groups is 1. The van der Waals surface area contributed by atoms with Crippen molar-refractivity contribution in [2.45, 2.75) is 13.8 Å². The molecule has 0 aliphatic heterocycles. The molecule has 20 heavy (non-hydrogen) atoms. The van der Waals surface area contributed by atoms with E-state index >= 15 is 0 Å². The zero-order valence-electron chi connectivity index (χ0n) is 11.1. The number of nitrogens with two attached hydrogens (primary N) is 1. The Labute approximate surface area is 115 Å². The van der Waals surface area contributed by atoms with Crippen LogP contribution in [-0.4, -0.2) is 5.91 Å². The highest BCUT2D eigenvalue weighted by Crippen LogP contribution is 2.25. The topological polar surface area (TPSA) is 55.1 Å². The highest BCUT2D eigenvalue weighted by Gasteiger charge is 2.16. The summed E-state index contributed by atoms with van der Waals surface area (Å²) in [7, 11) is 0. The summed E-state index contributed by atoms with van der Waals surface area (Å²) in [6, 6.07) is 7.45. The summed E-state index contributed by atoms with van der Waals surface area (Å²) in [6.45, 7) is 3.60. The van der Waals surface area contributed by atoms with Crippen LogP contribution in [0.5, 0.6) is 0 Å². The van der Waals surface area contributed by atoms with Gasteiger partial charge in [-0.1, -0.05) is 17.7 Å². The third-order valence-electron chi connectivity index (χ3n) is 3.00. The molecule has 0 aromatic heterocycles. The van der Waals surface area contributed by atoms with Gasteiger partial charge in [0.2, 0.25) is 0 Å². The van der Waals surface area contributed by atoms with E-state index in [2.05, 4.69) is 5.32 Å². The van der Waals surface area contributed by atoms with Crippen molar-refractivity contribution in [3.63, 3.8) is 0 Å². The summed E-state index contributed by atoms with van der Waals surface area (Å²) in [5, 5.41) is 2.32. The van der Waals surface area contributed by atoms with Gasteiger partial charge in [0.1, 0.15) is 5.69 Å². The first-order chi connectivity index (χ1) is 9.40. The van der Waals surface area contributed by atoms with Gasteiger partial charge in [0.25, 0.3) is 5.91 Å². The molecular formula is C15H14F2N2O. The fourth-order valence-electron chi connectivity index (χ4n) is 1.85. The Bertz CT molecular complexity index is 684. The summed E-state index contributed by atoms with van der Waals surface area (Å²) in [5.41, 5.74) is 7.23. The van der Waals surface area contributed by atoms with Crippen LogP contribution in [0.1, 0.15) is 21.5 Å². The lowest BCUT2D eigenvalue weighted by Crippen LogP contribution is -2.16. The third-order valence-corrected chi connectivity index (χ3v) is 3.00. The van der Waals surface area contributed by atoms with Crippen LogP contribution in [0.4, 0.5) is 20.2 Å². The van der Waals surface area contributed by atoms with Crippen molar-refractivity contribution < 1.29 is 13.6 Å². The molecule has 2 aromatic carbocycles. The van der Waals surface area contributed by atoms with Gasteiger partial charge in [0, 0.05) is 5.56 Å². The second-order valence-electron chi connectivity index (χ2n) is 4.60. The van der Waals surface area contributed by atoms with Gasteiger partial charge < -0.3 is 11.1 Å². The SMILES string of the molecule is Cc1ccc(C)c(C(=O)Nc2c(N)ccc(F)c2F)c1. The minimum Gasteiger partial charge on any atom is -0.397 e. The molecular weight excluding hydrogens is 262 g/mol. The van der Waals surface area contributed by atoms with E-state index in [0.717, 1.165) is 17.2 Å².